The van der Waals surface area contributed by atoms with Crippen molar-refractivity contribution < 1.29 is 4.74 Å². The van der Waals surface area contributed by atoms with Crippen LogP contribution in [0, 0.1) is 0 Å². The Labute approximate surface area is 112 Å². The van der Waals surface area contributed by atoms with E-state index >= 15 is 0 Å². The Hall–Kier alpha value is -0.540. The molecule has 0 radical (unpaired) electrons. The second-order valence-corrected chi connectivity index (χ2v) is 5.53. The van der Waals surface area contributed by atoms with Crippen molar-refractivity contribution in [1.29, 1.82) is 0 Å². The Morgan fingerprint density at radius 2 is 2.24 bits per heavy atom. The summed E-state index contributed by atoms with van der Waals surface area (Å²) in [5.74, 6) is 0.905. The van der Waals surface area contributed by atoms with Crippen molar-refractivity contribution in [3.05, 3.63) is 28.2 Å². The van der Waals surface area contributed by atoms with Crippen LogP contribution in [0.4, 0.5) is 0 Å². The minimum atomic E-state index is 0.637. The van der Waals surface area contributed by atoms with Crippen LogP contribution in [0.5, 0.6) is 5.75 Å². The third-order valence-corrected chi connectivity index (χ3v) is 3.98. The Balaban J connectivity index is 1.99. The highest BCUT2D eigenvalue weighted by molar-refractivity contribution is 9.10. The van der Waals surface area contributed by atoms with Crippen molar-refractivity contribution in [2.45, 2.75) is 38.1 Å². The lowest BCUT2D eigenvalue weighted by Crippen LogP contribution is -2.30. The van der Waals surface area contributed by atoms with Crippen molar-refractivity contribution >= 4 is 15.9 Å². The molecule has 2 nitrogen and oxygen atoms in total. The second-order valence-electron chi connectivity index (χ2n) is 4.67. The smallest absolute Gasteiger partial charge is 0.133 e. The van der Waals surface area contributed by atoms with Crippen LogP contribution in [-0.2, 0) is 6.42 Å². The van der Waals surface area contributed by atoms with Gasteiger partial charge in [0.15, 0.2) is 0 Å². The van der Waals surface area contributed by atoms with E-state index in [2.05, 4.69) is 33.4 Å². The quantitative estimate of drug-likeness (QED) is 0.921. The summed E-state index contributed by atoms with van der Waals surface area (Å²) in [5.41, 5.74) is 1.37. The standard InChI is InChI=1S/C14H20BrNO/c1-17-14-7-6-11(10-13(14)15)9-12-5-3-2-4-8-16-12/h6-7,10,12,16H,2-5,8-9H2,1H3. The lowest BCUT2D eigenvalue weighted by molar-refractivity contribution is 0.411. The van der Waals surface area contributed by atoms with E-state index < -0.39 is 0 Å². The normalized spacial score (nSPS) is 20.9. The Kier molecular flexibility index (Phi) is 4.86. The van der Waals surface area contributed by atoms with Gasteiger partial charge >= 0.3 is 0 Å². The minimum Gasteiger partial charge on any atom is -0.496 e. The van der Waals surface area contributed by atoms with Crippen LogP contribution < -0.4 is 10.1 Å². The average molecular weight is 298 g/mol. The first-order valence-electron chi connectivity index (χ1n) is 6.35. The Morgan fingerprint density at radius 3 is 3.00 bits per heavy atom. The molecule has 0 bridgehead atoms. The van der Waals surface area contributed by atoms with Gasteiger partial charge in [-0.3, -0.25) is 0 Å². The molecule has 0 aromatic heterocycles. The van der Waals surface area contributed by atoms with E-state index in [0.29, 0.717) is 6.04 Å². The summed E-state index contributed by atoms with van der Waals surface area (Å²) < 4.78 is 6.29. The van der Waals surface area contributed by atoms with Crippen LogP contribution in [0.3, 0.4) is 0 Å². The molecule has 1 aliphatic rings. The first-order valence-corrected chi connectivity index (χ1v) is 7.14. The molecule has 1 fully saturated rings. The zero-order valence-corrected chi connectivity index (χ0v) is 11.9. The summed E-state index contributed by atoms with van der Waals surface area (Å²) in [6.07, 6.45) is 6.46. The lowest BCUT2D eigenvalue weighted by Gasteiger charge is -2.16. The molecule has 3 heteroatoms. The first-order chi connectivity index (χ1) is 8.29. The predicted octanol–water partition coefficient (Wildman–Crippen LogP) is 3.53. The minimum absolute atomic E-state index is 0.637. The summed E-state index contributed by atoms with van der Waals surface area (Å²) in [6.45, 7) is 1.17. The van der Waals surface area contributed by atoms with E-state index in [1.54, 1.807) is 7.11 Å². The predicted molar refractivity (Wildman–Crippen MR) is 74.7 cm³/mol. The van der Waals surface area contributed by atoms with Gasteiger partial charge in [0.25, 0.3) is 0 Å². The molecule has 94 valence electrons. The summed E-state index contributed by atoms with van der Waals surface area (Å²) in [7, 11) is 1.70. The van der Waals surface area contributed by atoms with Crippen LogP contribution in [0.1, 0.15) is 31.2 Å². The van der Waals surface area contributed by atoms with Crippen LogP contribution in [0.25, 0.3) is 0 Å². The molecule has 1 saturated heterocycles. The topological polar surface area (TPSA) is 21.3 Å². The summed E-state index contributed by atoms with van der Waals surface area (Å²) >= 11 is 3.54. The van der Waals surface area contributed by atoms with Crippen molar-refractivity contribution in [2.75, 3.05) is 13.7 Å². The number of methoxy groups -OCH3 is 1. The van der Waals surface area contributed by atoms with Gasteiger partial charge in [0.05, 0.1) is 11.6 Å². The van der Waals surface area contributed by atoms with E-state index in [4.69, 9.17) is 4.74 Å². The van der Waals surface area contributed by atoms with Crippen LogP contribution in [0.15, 0.2) is 22.7 Å². The van der Waals surface area contributed by atoms with Crippen LogP contribution >= 0.6 is 15.9 Å². The van der Waals surface area contributed by atoms with Gasteiger partial charge in [-0.25, -0.2) is 0 Å². The molecule has 0 aliphatic carbocycles. The van der Waals surface area contributed by atoms with Crippen molar-refractivity contribution in [3.8, 4) is 5.75 Å². The average Bonchev–Trinajstić information content (AvgIpc) is 2.58. The zero-order chi connectivity index (χ0) is 12.1. The number of rotatable bonds is 3. The molecule has 2 rings (SSSR count). The molecule has 1 aliphatic heterocycles. The molecule has 1 aromatic rings. The molecule has 1 unspecified atom stereocenters. The number of hydrogen-bond acceptors (Lipinski definition) is 2. The Bertz CT molecular complexity index is 359. The SMILES string of the molecule is COc1ccc(CC2CCCCCN2)cc1Br. The maximum Gasteiger partial charge on any atom is 0.133 e. The van der Waals surface area contributed by atoms with Gasteiger partial charge in [-0.2, -0.15) is 0 Å². The van der Waals surface area contributed by atoms with E-state index in [1.807, 2.05) is 6.07 Å². The second kappa shape index (κ2) is 6.41. The Morgan fingerprint density at radius 1 is 1.35 bits per heavy atom. The summed E-state index contributed by atoms with van der Waals surface area (Å²) in [6, 6.07) is 7.01. The van der Waals surface area contributed by atoms with Gasteiger partial charge in [0.1, 0.15) is 5.75 Å². The number of halogens is 1. The maximum absolute atomic E-state index is 5.25. The monoisotopic (exact) mass is 297 g/mol. The van der Waals surface area contributed by atoms with Crippen molar-refractivity contribution in [3.63, 3.8) is 0 Å². The number of ether oxygens (including phenoxy) is 1. The molecular weight excluding hydrogens is 278 g/mol. The molecule has 1 heterocycles. The third-order valence-electron chi connectivity index (χ3n) is 3.36. The molecule has 0 saturated carbocycles. The molecule has 1 N–H and O–H groups in total. The van der Waals surface area contributed by atoms with Crippen LogP contribution in [0.2, 0.25) is 0 Å². The van der Waals surface area contributed by atoms with Gasteiger partial charge in [0, 0.05) is 6.04 Å². The van der Waals surface area contributed by atoms with Gasteiger partial charge < -0.3 is 10.1 Å². The fraction of sp³-hybridized carbons (Fsp3) is 0.571. The highest BCUT2D eigenvalue weighted by atomic mass is 79.9. The van der Waals surface area contributed by atoms with E-state index in [9.17, 15) is 0 Å². The molecule has 0 amide bonds. The van der Waals surface area contributed by atoms with Gasteiger partial charge in [0.2, 0.25) is 0 Å². The maximum atomic E-state index is 5.25. The van der Waals surface area contributed by atoms with Crippen molar-refractivity contribution in [1.82, 2.24) is 5.32 Å². The van der Waals surface area contributed by atoms with E-state index in [-0.39, 0.29) is 0 Å². The van der Waals surface area contributed by atoms with Gasteiger partial charge in [-0.05, 0) is 59.4 Å². The molecule has 17 heavy (non-hydrogen) atoms. The van der Waals surface area contributed by atoms with Gasteiger partial charge in [-0.1, -0.05) is 18.9 Å². The molecule has 0 spiro atoms. The molecular formula is C14H20BrNO. The van der Waals surface area contributed by atoms with E-state index in [1.165, 1.54) is 37.8 Å². The summed E-state index contributed by atoms with van der Waals surface area (Å²) in [4.78, 5) is 0. The van der Waals surface area contributed by atoms with Gasteiger partial charge in [-0.15, -0.1) is 0 Å². The van der Waals surface area contributed by atoms with Crippen molar-refractivity contribution in [2.24, 2.45) is 0 Å². The highest BCUT2D eigenvalue weighted by Crippen LogP contribution is 2.26. The van der Waals surface area contributed by atoms with Crippen LogP contribution in [-0.4, -0.2) is 19.7 Å². The lowest BCUT2D eigenvalue weighted by atomic mass is 10.0. The number of benzene rings is 1. The zero-order valence-electron chi connectivity index (χ0n) is 10.3. The fourth-order valence-corrected chi connectivity index (χ4v) is 2.98. The fourth-order valence-electron chi connectivity index (χ4n) is 2.40. The molecule has 1 atom stereocenters. The highest BCUT2D eigenvalue weighted by Gasteiger charge is 2.12. The first kappa shape index (κ1) is 12.9. The number of hydrogen-bond donors (Lipinski definition) is 1. The number of nitrogens with one attached hydrogen (secondary N) is 1. The summed E-state index contributed by atoms with van der Waals surface area (Å²) in [5, 5.41) is 3.63. The molecule has 1 aromatic carbocycles. The largest absolute Gasteiger partial charge is 0.496 e. The third kappa shape index (κ3) is 3.71. The van der Waals surface area contributed by atoms with E-state index in [0.717, 1.165) is 16.6 Å².